The van der Waals surface area contributed by atoms with E-state index in [2.05, 4.69) is 0 Å². The highest BCUT2D eigenvalue weighted by molar-refractivity contribution is 6.33. The van der Waals surface area contributed by atoms with Crippen LogP contribution in [-0.4, -0.2) is 12.2 Å². The van der Waals surface area contributed by atoms with Crippen LogP contribution in [0.5, 0.6) is 11.5 Å². The molecule has 0 unspecified atom stereocenters. The molecule has 0 heterocycles. The standard InChI is InChI=1S/C20H21ClO2/c1-14(2)9-12-17-18(22)13-16(19(21)20(17)23-3)11-10-15-7-5-4-6-8-15/h4-11,13,22H,12H2,1-3H3/b11-10+. The van der Waals surface area contributed by atoms with Crippen molar-refractivity contribution in [2.24, 2.45) is 0 Å². The maximum Gasteiger partial charge on any atom is 0.145 e. The van der Waals surface area contributed by atoms with E-state index in [0.29, 0.717) is 22.8 Å². The molecule has 2 aromatic carbocycles. The topological polar surface area (TPSA) is 29.5 Å². The van der Waals surface area contributed by atoms with Crippen LogP contribution in [0.1, 0.15) is 30.5 Å². The minimum atomic E-state index is 0.191. The van der Waals surface area contributed by atoms with Crippen LogP contribution in [0.15, 0.2) is 48.0 Å². The van der Waals surface area contributed by atoms with Crippen molar-refractivity contribution < 1.29 is 9.84 Å². The molecule has 0 spiro atoms. The van der Waals surface area contributed by atoms with Gasteiger partial charge < -0.3 is 9.84 Å². The first kappa shape index (κ1) is 17.2. The number of aromatic hydroxyl groups is 1. The predicted molar refractivity (Wildman–Crippen MR) is 98.2 cm³/mol. The van der Waals surface area contributed by atoms with Gasteiger partial charge in [0.2, 0.25) is 0 Å². The SMILES string of the molecule is COc1c(Cl)c(/C=C/c2ccccc2)cc(O)c1CC=C(C)C. The average Bonchev–Trinajstić information content (AvgIpc) is 2.54. The summed E-state index contributed by atoms with van der Waals surface area (Å²) in [7, 11) is 1.57. The Bertz CT molecular complexity index is 727. The van der Waals surface area contributed by atoms with Crippen LogP contribution in [0, 0.1) is 0 Å². The molecule has 0 amide bonds. The van der Waals surface area contributed by atoms with Gasteiger partial charge >= 0.3 is 0 Å². The molecule has 0 aliphatic heterocycles. The third-order valence-corrected chi connectivity index (χ3v) is 3.89. The van der Waals surface area contributed by atoms with E-state index in [1.807, 2.05) is 62.4 Å². The monoisotopic (exact) mass is 328 g/mol. The number of phenols is 1. The number of ether oxygens (including phenoxy) is 1. The molecule has 0 atom stereocenters. The van der Waals surface area contributed by atoms with E-state index in [1.54, 1.807) is 13.2 Å². The van der Waals surface area contributed by atoms with E-state index in [0.717, 1.165) is 11.1 Å². The maximum absolute atomic E-state index is 10.3. The van der Waals surface area contributed by atoms with Gasteiger partial charge in [-0.3, -0.25) is 0 Å². The van der Waals surface area contributed by atoms with Crippen LogP contribution in [0.25, 0.3) is 12.2 Å². The predicted octanol–water partition coefficient (Wildman–Crippen LogP) is 5.73. The fraction of sp³-hybridized carbons (Fsp3) is 0.200. The lowest BCUT2D eigenvalue weighted by Gasteiger charge is -2.13. The Labute approximate surface area is 142 Å². The van der Waals surface area contributed by atoms with E-state index < -0.39 is 0 Å². The highest BCUT2D eigenvalue weighted by atomic mass is 35.5. The molecule has 0 saturated carbocycles. The number of methoxy groups -OCH3 is 1. The first-order valence-electron chi connectivity index (χ1n) is 7.47. The van der Waals surface area contributed by atoms with Crippen molar-refractivity contribution in [2.75, 3.05) is 7.11 Å². The first-order chi connectivity index (χ1) is 11.0. The largest absolute Gasteiger partial charge is 0.507 e. The van der Waals surface area contributed by atoms with Crippen molar-refractivity contribution in [1.29, 1.82) is 0 Å². The summed E-state index contributed by atoms with van der Waals surface area (Å²) in [4.78, 5) is 0. The summed E-state index contributed by atoms with van der Waals surface area (Å²) in [5.41, 5.74) is 3.67. The van der Waals surface area contributed by atoms with E-state index in [1.165, 1.54) is 5.57 Å². The van der Waals surface area contributed by atoms with Gasteiger partial charge in [-0.2, -0.15) is 0 Å². The molecule has 2 aromatic rings. The molecule has 1 N–H and O–H groups in total. The van der Waals surface area contributed by atoms with E-state index in [4.69, 9.17) is 16.3 Å². The molecular weight excluding hydrogens is 308 g/mol. The van der Waals surface area contributed by atoms with Crippen molar-refractivity contribution in [3.8, 4) is 11.5 Å². The minimum absolute atomic E-state index is 0.191. The summed E-state index contributed by atoms with van der Waals surface area (Å²) >= 11 is 6.46. The summed E-state index contributed by atoms with van der Waals surface area (Å²) in [6, 6.07) is 11.6. The highest BCUT2D eigenvalue weighted by Crippen LogP contribution is 2.39. The van der Waals surface area contributed by atoms with Crippen molar-refractivity contribution in [1.82, 2.24) is 0 Å². The molecule has 3 heteroatoms. The Morgan fingerprint density at radius 1 is 1.17 bits per heavy atom. The fourth-order valence-electron chi connectivity index (χ4n) is 2.27. The zero-order chi connectivity index (χ0) is 16.8. The van der Waals surface area contributed by atoms with Crippen molar-refractivity contribution in [3.05, 3.63) is 69.8 Å². The average molecular weight is 329 g/mol. The van der Waals surface area contributed by atoms with Crippen LogP contribution >= 0.6 is 11.6 Å². The molecule has 0 saturated heterocycles. The quantitative estimate of drug-likeness (QED) is 0.560. The molecule has 23 heavy (non-hydrogen) atoms. The van der Waals surface area contributed by atoms with Crippen LogP contribution in [0.3, 0.4) is 0 Å². The molecule has 0 aliphatic rings. The molecule has 0 radical (unpaired) electrons. The summed E-state index contributed by atoms with van der Waals surface area (Å²) in [5.74, 6) is 0.716. The second-order valence-corrected chi connectivity index (χ2v) is 5.92. The van der Waals surface area contributed by atoms with Gasteiger partial charge in [0.05, 0.1) is 12.1 Å². The molecular formula is C20H21ClO2. The third-order valence-electron chi connectivity index (χ3n) is 3.50. The smallest absolute Gasteiger partial charge is 0.145 e. The summed E-state index contributed by atoms with van der Waals surface area (Å²) in [6.45, 7) is 4.03. The summed E-state index contributed by atoms with van der Waals surface area (Å²) in [6.07, 6.45) is 6.45. The van der Waals surface area contributed by atoms with Gasteiger partial charge in [-0.15, -0.1) is 0 Å². The number of hydrogen-bond donors (Lipinski definition) is 1. The van der Waals surface area contributed by atoms with Crippen LogP contribution < -0.4 is 4.74 Å². The Hall–Kier alpha value is -2.19. The Kier molecular flexibility index (Phi) is 5.89. The first-order valence-corrected chi connectivity index (χ1v) is 7.85. The maximum atomic E-state index is 10.3. The van der Waals surface area contributed by atoms with Gasteiger partial charge in [-0.05, 0) is 31.9 Å². The van der Waals surface area contributed by atoms with Crippen LogP contribution in [-0.2, 0) is 6.42 Å². The van der Waals surface area contributed by atoms with Crippen molar-refractivity contribution in [2.45, 2.75) is 20.3 Å². The second-order valence-electron chi connectivity index (χ2n) is 5.54. The highest BCUT2D eigenvalue weighted by Gasteiger charge is 2.15. The van der Waals surface area contributed by atoms with Crippen molar-refractivity contribution in [3.63, 3.8) is 0 Å². The number of rotatable bonds is 5. The lowest BCUT2D eigenvalue weighted by molar-refractivity contribution is 0.401. The fourth-order valence-corrected chi connectivity index (χ4v) is 2.57. The second kappa shape index (κ2) is 7.89. The molecule has 2 nitrogen and oxygen atoms in total. The summed E-state index contributed by atoms with van der Waals surface area (Å²) in [5, 5.41) is 10.8. The Balaban J connectivity index is 2.41. The molecule has 0 aliphatic carbocycles. The number of hydrogen-bond acceptors (Lipinski definition) is 2. The zero-order valence-electron chi connectivity index (χ0n) is 13.6. The number of allylic oxidation sites excluding steroid dienone is 2. The molecule has 0 aromatic heterocycles. The van der Waals surface area contributed by atoms with Gasteiger partial charge in [0, 0.05) is 11.1 Å². The minimum Gasteiger partial charge on any atom is -0.507 e. The molecule has 0 bridgehead atoms. The van der Waals surface area contributed by atoms with Gasteiger partial charge in [0.15, 0.2) is 0 Å². The number of benzene rings is 2. The lowest BCUT2D eigenvalue weighted by Crippen LogP contribution is -1.95. The van der Waals surface area contributed by atoms with Gasteiger partial charge in [-0.25, -0.2) is 0 Å². The molecule has 0 fully saturated rings. The Morgan fingerprint density at radius 2 is 1.87 bits per heavy atom. The number of phenolic OH excluding ortho intramolecular Hbond substituents is 1. The van der Waals surface area contributed by atoms with Gasteiger partial charge in [-0.1, -0.05) is 65.7 Å². The normalized spacial score (nSPS) is 10.8. The van der Waals surface area contributed by atoms with Crippen molar-refractivity contribution >= 4 is 23.8 Å². The zero-order valence-corrected chi connectivity index (χ0v) is 14.4. The molecule has 2 rings (SSSR count). The van der Waals surface area contributed by atoms with E-state index >= 15 is 0 Å². The third kappa shape index (κ3) is 4.40. The Morgan fingerprint density at radius 3 is 2.48 bits per heavy atom. The molecule has 120 valence electrons. The van der Waals surface area contributed by atoms with Gasteiger partial charge in [0.1, 0.15) is 11.5 Å². The van der Waals surface area contributed by atoms with Gasteiger partial charge in [0.25, 0.3) is 0 Å². The van der Waals surface area contributed by atoms with Crippen LogP contribution in [0.4, 0.5) is 0 Å². The summed E-state index contributed by atoms with van der Waals surface area (Å²) < 4.78 is 5.43. The van der Waals surface area contributed by atoms with Crippen LogP contribution in [0.2, 0.25) is 5.02 Å². The lowest BCUT2D eigenvalue weighted by atomic mass is 10.0. The number of halogens is 1. The van der Waals surface area contributed by atoms with E-state index in [-0.39, 0.29) is 5.75 Å². The van der Waals surface area contributed by atoms with E-state index in [9.17, 15) is 5.11 Å².